The van der Waals surface area contributed by atoms with Gasteiger partial charge in [-0.3, -0.25) is 33.7 Å². The number of benzene rings is 2. The Hall–Kier alpha value is -6.75. The highest BCUT2D eigenvalue weighted by Gasteiger charge is 2.42. The third kappa shape index (κ3) is 12.8. The van der Waals surface area contributed by atoms with Crippen LogP contribution < -0.4 is 10.1 Å². The van der Waals surface area contributed by atoms with Gasteiger partial charge in [0.15, 0.2) is 6.61 Å². The fourth-order valence-corrected chi connectivity index (χ4v) is 9.51. The zero-order chi connectivity index (χ0) is 51.2. The molecule has 378 valence electrons. The van der Waals surface area contributed by atoms with Crippen molar-refractivity contribution in [2.75, 3.05) is 59.6 Å². The number of hydrogen-bond acceptors (Lipinski definition) is 10. The lowest BCUT2D eigenvalue weighted by Gasteiger charge is -2.35. The van der Waals surface area contributed by atoms with E-state index in [9.17, 15) is 34.2 Å². The molecule has 2 aliphatic heterocycles. The minimum atomic E-state index is -1.04. The van der Waals surface area contributed by atoms with Gasteiger partial charge < -0.3 is 34.5 Å². The number of amides is 4. The number of rotatable bonds is 20. The predicted octanol–water partition coefficient (Wildman–Crippen LogP) is 7.59. The van der Waals surface area contributed by atoms with Gasteiger partial charge in [0.1, 0.15) is 11.4 Å². The first kappa shape index (κ1) is 53.6. The molecular formula is C54H66ClN7O9. The van der Waals surface area contributed by atoms with Crippen LogP contribution in [0.25, 0.3) is 22.0 Å². The molecule has 4 heterocycles. The van der Waals surface area contributed by atoms with Crippen LogP contribution in [0.2, 0.25) is 5.02 Å². The zero-order valence-electron chi connectivity index (χ0n) is 41.6. The van der Waals surface area contributed by atoms with E-state index in [1.165, 1.54) is 24.8 Å². The van der Waals surface area contributed by atoms with Crippen molar-refractivity contribution < 1.29 is 43.7 Å². The topological polar surface area (TPSA) is 189 Å². The van der Waals surface area contributed by atoms with E-state index in [0.29, 0.717) is 75.7 Å². The van der Waals surface area contributed by atoms with Crippen molar-refractivity contribution in [3.05, 3.63) is 130 Å². The monoisotopic (exact) mass is 991 g/mol. The molecule has 17 heteroatoms. The number of hydrogen-bond donors (Lipinski definition) is 3. The van der Waals surface area contributed by atoms with Crippen LogP contribution in [0.4, 0.5) is 0 Å². The van der Waals surface area contributed by atoms with Gasteiger partial charge >= 0.3 is 5.97 Å². The number of aliphatic hydroxyl groups excluding tert-OH is 1. The van der Waals surface area contributed by atoms with Crippen molar-refractivity contribution in [3.8, 4) is 16.9 Å². The van der Waals surface area contributed by atoms with E-state index in [1.807, 2.05) is 56.7 Å². The van der Waals surface area contributed by atoms with Crippen molar-refractivity contribution in [1.29, 1.82) is 0 Å². The maximum absolute atomic E-state index is 13.7. The molecule has 3 N–H and O–H groups in total. The molecule has 0 saturated carbocycles. The number of allylic oxidation sites excluding steroid dienone is 9. The first-order valence-corrected chi connectivity index (χ1v) is 24.5. The molecule has 1 unspecified atom stereocenters. The molecule has 1 fully saturated rings. The lowest BCUT2D eigenvalue weighted by atomic mass is 9.98. The minimum absolute atomic E-state index is 0.0382. The van der Waals surface area contributed by atoms with Gasteiger partial charge in [-0.15, -0.1) is 0 Å². The summed E-state index contributed by atoms with van der Waals surface area (Å²) in [5.41, 5.74) is 6.51. The van der Waals surface area contributed by atoms with E-state index in [-0.39, 0.29) is 60.4 Å². The highest BCUT2D eigenvalue weighted by Crippen LogP contribution is 2.42. The predicted molar refractivity (Wildman–Crippen MR) is 275 cm³/mol. The van der Waals surface area contributed by atoms with E-state index >= 15 is 0 Å². The van der Waals surface area contributed by atoms with Gasteiger partial charge in [0.2, 0.25) is 5.91 Å². The smallest absolute Gasteiger partial charge is 0.352 e. The van der Waals surface area contributed by atoms with E-state index in [4.69, 9.17) is 21.1 Å². The summed E-state index contributed by atoms with van der Waals surface area (Å²) in [6.45, 7) is 10.5. The Balaban J connectivity index is 0.000000937. The second-order valence-electron chi connectivity index (χ2n) is 17.7. The van der Waals surface area contributed by atoms with E-state index in [1.54, 1.807) is 28.0 Å². The van der Waals surface area contributed by atoms with Crippen LogP contribution in [0, 0.1) is 13.8 Å². The number of fused-ring (bicyclic) bond motifs is 2. The Kier molecular flexibility index (Phi) is 19.2. The number of ether oxygens (including phenoxy) is 2. The number of piperazine rings is 1. The average Bonchev–Trinajstić information content (AvgIpc) is 3.81. The first-order valence-electron chi connectivity index (χ1n) is 24.1. The quantitative estimate of drug-likeness (QED) is 0.0343. The molecule has 2 aromatic heterocycles. The van der Waals surface area contributed by atoms with Gasteiger partial charge in [-0.05, 0) is 89.6 Å². The summed E-state index contributed by atoms with van der Waals surface area (Å²) in [4.78, 5) is 71.0. The summed E-state index contributed by atoms with van der Waals surface area (Å²) in [6.07, 6.45) is 20.3. The Morgan fingerprint density at radius 2 is 1.72 bits per heavy atom. The number of nitrogens with one attached hydrogen (secondary N) is 1. The molecule has 4 amide bonds. The SMILES string of the molecule is C/C=C\C=C\OCCCc1c(C(=O)O)n(CCN2CCN(C(=O)COc3cccc4c3C(=O)N(C(CCCO)CC(=O)NC)C4=O)CC2)c2c(-c3c(C)nn(C)c3C)c(Cl)ccc12.CC1=CC=CC=CC1. The Morgan fingerprint density at radius 3 is 2.41 bits per heavy atom. The van der Waals surface area contributed by atoms with E-state index in [0.717, 1.165) is 44.7 Å². The number of carboxylic acid groups (broad SMARTS) is 1. The van der Waals surface area contributed by atoms with Gasteiger partial charge in [-0.25, -0.2) is 4.79 Å². The maximum Gasteiger partial charge on any atom is 0.352 e. The molecule has 1 saturated heterocycles. The number of carbonyl (C=O) groups is 5. The van der Waals surface area contributed by atoms with Crippen molar-refractivity contribution in [2.45, 2.75) is 78.8 Å². The summed E-state index contributed by atoms with van der Waals surface area (Å²) >= 11 is 7.01. The highest BCUT2D eigenvalue weighted by atomic mass is 35.5. The Morgan fingerprint density at radius 1 is 0.944 bits per heavy atom. The molecule has 1 atom stereocenters. The fourth-order valence-electron chi connectivity index (χ4n) is 9.27. The summed E-state index contributed by atoms with van der Waals surface area (Å²) in [5, 5.41) is 28.7. The lowest BCUT2D eigenvalue weighted by Crippen LogP contribution is -2.50. The molecule has 0 radical (unpaired) electrons. The van der Waals surface area contributed by atoms with Crippen LogP contribution in [-0.4, -0.2) is 134 Å². The standard InChI is InChI=1S/C46H56ClN7O9.C8H10/c1-6-7-8-25-62-26-11-14-32-33-16-17-35(47)41(39-29(2)49-50(5)30(39)3)42(33)53(43(32)46(60)61)23-20-51-18-21-52(22-19-51)38(57)28-63-36-15-9-13-34-40(36)45(59)54(44(34)58)31(12-10-24-55)27-37(56)48-4;1-8-6-4-2-3-5-7-8/h6-9,13,15-17,25,31,55H,10-12,14,18-24,26-28H2,1-5H3,(H,48,56)(H,60,61);2-6H,7H2,1H3/b7-6-,25-8+;. The number of halogens is 1. The summed E-state index contributed by atoms with van der Waals surface area (Å²) in [6, 6.07) is 7.59. The number of aromatic nitrogens is 3. The van der Waals surface area contributed by atoms with E-state index < -0.39 is 23.8 Å². The van der Waals surface area contributed by atoms with Crippen molar-refractivity contribution in [3.63, 3.8) is 0 Å². The van der Waals surface area contributed by atoms with Crippen LogP contribution in [0.1, 0.15) is 94.1 Å². The van der Waals surface area contributed by atoms with Crippen LogP contribution in [0.5, 0.6) is 5.75 Å². The highest BCUT2D eigenvalue weighted by molar-refractivity contribution is 6.35. The van der Waals surface area contributed by atoms with Crippen molar-refractivity contribution in [1.82, 2.24) is 34.4 Å². The summed E-state index contributed by atoms with van der Waals surface area (Å²) < 4.78 is 15.3. The largest absolute Gasteiger partial charge is 0.501 e. The first-order chi connectivity index (χ1) is 34.2. The van der Waals surface area contributed by atoms with E-state index in [2.05, 4.69) is 52.6 Å². The molecule has 4 aromatic rings. The second kappa shape index (κ2) is 25.4. The third-order valence-corrected chi connectivity index (χ3v) is 13.3. The fraction of sp³-hybridized carbons (Fsp3) is 0.407. The van der Waals surface area contributed by atoms with Gasteiger partial charge in [0, 0.05) is 94.6 Å². The molecule has 1 aliphatic carbocycles. The molecule has 71 heavy (non-hydrogen) atoms. The maximum atomic E-state index is 13.7. The molecular weight excluding hydrogens is 926 g/mol. The van der Waals surface area contributed by atoms with Gasteiger partial charge in [-0.1, -0.05) is 71.8 Å². The molecule has 16 nitrogen and oxygen atoms in total. The van der Waals surface area contributed by atoms with Crippen LogP contribution >= 0.6 is 11.6 Å². The van der Waals surface area contributed by atoms with Gasteiger partial charge in [0.05, 0.1) is 40.2 Å². The van der Waals surface area contributed by atoms with Crippen LogP contribution in [0.15, 0.2) is 90.8 Å². The molecule has 3 aliphatic rings. The number of nitrogens with zero attached hydrogens (tertiary/aromatic N) is 6. The normalized spacial score (nSPS) is 15.3. The zero-order valence-corrected chi connectivity index (χ0v) is 42.3. The Labute approximate surface area is 420 Å². The Bertz CT molecular complexity index is 2760. The number of aryl methyl sites for hydroxylation is 3. The lowest BCUT2D eigenvalue weighted by molar-refractivity contribution is -0.135. The van der Waals surface area contributed by atoms with Crippen LogP contribution in [-0.2, 0) is 34.3 Å². The second-order valence-corrected chi connectivity index (χ2v) is 18.1. The molecule has 0 bridgehead atoms. The molecule has 0 spiro atoms. The minimum Gasteiger partial charge on any atom is -0.501 e. The third-order valence-electron chi connectivity index (χ3n) is 13.0. The number of aliphatic hydroxyl groups is 1. The molecule has 2 aromatic carbocycles. The summed E-state index contributed by atoms with van der Waals surface area (Å²) in [7, 11) is 3.34. The molecule has 7 rings (SSSR count). The van der Waals surface area contributed by atoms with Gasteiger partial charge in [0.25, 0.3) is 17.7 Å². The van der Waals surface area contributed by atoms with Crippen molar-refractivity contribution >= 4 is 52.1 Å². The van der Waals surface area contributed by atoms with Crippen LogP contribution in [0.3, 0.4) is 0 Å². The van der Waals surface area contributed by atoms with Gasteiger partial charge in [-0.2, -0.15) is 5.10 Å². The van der Waals surface area contributed by atoms with Crippen molar-refractivity contribution in [2.24, 2.45) is 7.05 Å². The number of imide groups is 1. The summed E-state index contributed by atoms with van der Waals surface area (Å²) in [5.74, 6) is -2.76. The number of carboxylic acids is 1. The average molecular weight is 993 g/mol. The number of carbonyl (C=O) groups excluding carboxylic acids is 4. The number of aromatic carboxylic acids is 1.